The van der Waals surface area contributed by atoms with Crippen molar-refractivity contribution in [2.45, 2.75) is 6.92 Å². The Hall–Kier alpha value is -4.71. The minimum absolute atomic E-state index is 0.127. The second kappa shape index (κ2) is 10.9. The number of aryl methyl sites for hydroxylation is 1. The van der Waals surface area contributed by atoms with E-state index >= 15 is 0 Å². The van der Waals surface area contributed by atoms with Gasteiger partial charge >= 0.3 is 0 Å². The zero-order valence-electron chi connectivity index (χ0n) is 19.7. The van der Waals surface area contributed by atoms with Gasteiger partial charge in [0, 0.05) is 17.8 Å². The van der Waals surface area contributed by atoms with E-state index < -0.39 is 28.5 Å². The second-order valence-electron chi connectivity index (χ2n) is 7.76. The molecule has 12 heteroatoms. The van der Waals surface area contributed by atoms with Crippen molar-refractivity contribution in [3.63, 3.8) is 0 Å². The van der Waals surface area contributed by atoms with Crippen LogP contribution in [0, 0.1) is 17.0 Å². The zero-order valence-corrected chi connectivity index (χ0v) is 20.5. The van der Waals surface area contributed by atoms with Crippen molar-refractivity contribution in [2.75, 3.05) is 19.0 Å². The average Bonchev–Trinajstić information content (AvgIpc) is 3.13. The van der Waals surface area contributed by atoms with Gasteiger partial charge in [-0.1, -0.05) is 24.3 Å². The predicted octanol–water partition coefficient (Wildman–Crippen LogP) is 4.77. The minimum atomic E-state index is -0.579. The van der Waals surface area contributed by atoms with E-state index in [9.17, 15) is 24.5 Å². The lowest BCUT2D eigenvalue weighted by atomic mass is 10.2. The van der Waals surface area contributed by atoms with Gasteiger partial charge in [-0.25, -0.2) is 4.98 Å². The van der Waals surface area contributed by atoms with Crippen molar-refractivity contribution in [1.29, 1.82) is 0 Å². The van der Waals surface area contributed by atoms with Crippen molar-refractivity contribution in [3.8, 4) is 17.4 Å². The van der Waals surface area contributed by atoms with Crippen LogP contribution >= 0.6 is 11.8 Å². The van der Waals surface area contributed by atoms with Crippen molar-refractivity contribution in [2.24, 2.45) is 0 Å². The maximum absolute atomic E-state index is 12.8. The SMILES string of the molecule is COc1cc(/C=C2/SC(=O)N(CC(=O)Nc3ccccc3C)C2=O)ccc1Oc1ccc([N+](=O)[O-])cn1. The average molecular weight is 521 g/mol. The molecular weight excluding hydrogens is 500 g/mol. The van der Waals surface area contributed by atoms with E-state index in [2.05, 4.69) is 10.3 Å². The molecule has 0 spiro atoms. The summed E-state index contributed by atoms with van der Waals surface area (Å²) >= 11 is 0.733. The van der Waals surface area contributed by atoms with Crippen molar-refractivity contribution >= 4 is 46.3 Å². The Labute approximate surface area is 215 Å². The molecule has 3 aromatic rings. The van der Waals surface area contributed by atoms with E-state index in [-0.39, 0.29) is 16.5 Å². The molecule has 1 aromatic heterocycles. The van der Waals surface area contributed by atoms with Gasteiger partial charge in [0.1, 0.15) is 12.7 Å². The molecule has 2 aromatic carbocycles. The Morgan fingerprint density at radius 3 is 2.62 bits per heavy atom. The van der Waals surface area contributed by atoms with Gasteiger partial charge in [0.25, 0.3) is 16.8 Å². The molecule has 1 fully saturated rings. The number of nitrogens with zero attached hydrogens (tertiary/aromatic N) is 3. The highest BCUT2D eigenvalue weighted by molar-refractivity contribution is 8.18. The molecule has 3 amide bonds. The second-order valence-corrected chi connectivity index (χ2v) is 8.75. The summed E-state index contributed by atoms with van der Waals surface area (Å²) in [5, 5.41) is 12.9. The third kappa shape index (κ3) is 5.93. The molecular formula is C25H20N4O7S. The molecule has 0 aliphatic carbocycles. The number of rotatable bonds is 8. The van der Waals surface area contributed by atoms with Gasteiger partial charge in [0.05, 0.1) is 16.9 Å². The number of benzene rings is 2. The molecule has 0 radical (unpaired) electrons. The van der Waals surface area contributed by atoms with Crippen molar-refractivity contribution in [1.82, 2.24) is 9.88 Å². The Bertz CT molecular complexity index is 1420. The molecule has 1 aliphatic heterocycles. The Kier molecular flexibility index (Phi) is 7.49. The molecule has 0 atom stereocenters. The number of para-hydroxylation sites is 1. The molecule has 4 rings (SSSR count). The topological polar surface area (TPSA) is 141 Å². The van der Waals surface area contributed by atoms with Gasteiger partial charge < -0.3 is 14.8 Å². The summed E-state index contributed by atoms with van der Waals surface area (Å²) in [4.78, 5) is 52.9. The van der Waals surface area contributed by atoms with Crippen LogP contribution in [0.1, 0.15) is 11.1 Å². The van der Waals surface area contributed by atoms with Crippen LogP contribution in [0.2, 0.25) is 0 Å². The number of nitro groups is 1. The lowest BCUT2D eigenvalue weighted by molar-refractivity contribution is -0.385. The maximum atomic E-state index is 12.8. The largest absolute Gasteiger partial charge is 0.493 e. The summed E-state index contributed by atoms with van der Waals surface area (Å²) in [6.07, 6.45) is 2.59. The third-order valence-electron chi connectivity index (χ3n) is 5.23. The number of methoxy groups -OCH3 is 1. The number of pyridine rings is 1. The fourth-order valence-electron chi connectivity index (χ4n) is 3.35. The molecule has 0 bridgehead atoms. The summed E-state index contributed by atoms with van der Waals surface area (Å²) < 4.78 is 11.0. The summed E-state index contributed by atoms with van der Waals surface area (Å²) in [5.74, 6) is -0.334. The van der Waals surface area contributed by atoms with Gasteiger partial charge in [-0.3, -0.25) is 29.4 Å². The van der Waals surface area contributed by atoms with Crippen LogP contribution in [0.15, 0.2) is 65.7 Å². The molecule has 1 aliphatic rings. The minimum Gasteiger partial charge on any atom is -0.493 e. The number of nitrogens with one attached hydrogen (secondary N) is 1. The molecule has 1 N–H and O–H groups in total. The third-order valence-corrected chi connectivity index (χ3v) is 6.13. The number of thioether (sulfide) groups is 1. The van der Waals surface area contributed by atoms with Gasteiger partial charge in [-0.15, -0.1) is 0 Å². The van der Waals surface area contributed by atoms with Crippen LogP contribution < -0.4 is 14.8 Å². The fraction of sp³-hybridized carbons (Fsp3) is 0.120. The molecule has 1 saturated heterocycles. The molecule has 37 heavy (non-hydrogen) atoms. The number of anilines is 1. The lowest BCUT2D eigenvalue weighted by Gasteiger charge is -2.13. The fourth-order valence-corrected chi connectivity index (χ4v) is 4.18. The Morgan fingerprint density at radius 1 is 1.16 bits per heavy atom. The van der Waals surface area contributed by atoms with Crippen LogP contribution in [-0.2, 0) is 9.59 Å². The summed E-state index contributed by atoms with van der Waals surface area (Å²) in [6.45, 7) is 1.43. The highest BCUT2D eigenvalue weighted by Gasteiger charge is 2.36. The number of aromatic nitrogens is 1. The summed E-state index contributed by atoms with van der Waals surface area (Å²) in [7, 11) is 1.43. The number of hydrogen-bond acceptors (Lipinski definition) is 9. The number of carbonyl (C=O) groups excluding carboxylic acids is 3. The number of carbonyl (C=O) groups is 3. The molecule has 0 unspecified atom stereocenters. The van der Waals surface area contributed by atoms with E-state index in [4.69, 9.17) is 9.47 Å². The van der Waals surface area contributed by atoms with Gasteiger partial charge in [0.15, 0.2) is 11.5 Å². The number of ether oxygens (including phenoxy) is 2. The van der Waals surface area contributed by atoms with E-state index in [1.54, 1.807) is 30.3 Å². The first-order chi connectivity index (χ1) is 17.7. The monoisotopic (exact) mass is 520 g/mol. The smallest absolute Gasteiger partial charge is 0.294 e. The molecule has 0 saturated carbocycles. The summed E-state index contributed by atoms with van der Waals surface area (Å²) in [5.41, 5.74) is 1.84. The normalized spacial score (nSPS) is 14.1. The standard InChI is InChI=1S/C25H20N4O7S/c1-15-5-3-4-6-18(15)27-22(30)14-28-24(31)21(37-25(28)32)12-16-7-9-19(20(11-16)35-2)36-23-10-8-17(13-26-23)29(33)34/h3-13H,14H2,1-2H3,(H,27,30)/b21-12+. The Balaban J connectivity index is 1.46. The van der Waals surface area contributed by atoms with Gasteiger partial charge in [0.2, 0.25) is 11.8 Å². The highest BCUT2D eigenvalue weighted by Crippen LogP contribution is 2.36. The number of imide groups is 1. The van der Waals surface area contributed by atoms with E-state index in [0.717, 1.165) is 28.4 Å². The predicted molar refractivity (Wildman–Crippen MR) is 136 cm³/mol. The molecule has 188 valence electrons. The first-order valence-corrected chi connectivity index (χ1v) is 11.6. The number of amides is 3. The van der Waals surface area contributed by atoms with Crippen LogP contribution in [-0.4, -0.2) is 45.5 Å². The quantitative estimate of drug-likeness (QED) is 0.252. The van der Waals surface area contributed by atoms with Crippen LogP contribution in [0.3, 0.4) is 0 Å². The van der Waals surface area contributed by atoms with Crippen molar-refractivity contribution in [3.05, 3.63) is 86.9 Å². The first kappa shape index (κ1) is 25.4. The van der Waals surface area contributed by atoms with E-state index in [1.165, 1.54) is 25.3 Å². The highest BCUT2D eigenvalue weighted by atomic mass is 32.2. The van der Waals surface area contributed by atoms with Crippen LogP contribution in [0.5, 0.6) is 17.4 Å². The van der Waals surface area contributed by atoms with E-state index in [0.29, 0.717) is 22.7 Å². The Morgan fingerprint density at radius 2 is 1.95 bits per heavy atom. The van der Waals surface area contributed by atoms with Crippen LogP contribution in [0.25, 0.3) is 6.08 Å². The molecule has 11 nitrogen and oxygen atoms in total. The number of hydrogen-bond donors (Lipinski definition) is 1. The lowest BCUT2D eigenvalue weighted by Crippen LogP contribution is -2.36. The van der Waals surface area contributed by atoms with E-state index in [1.807, 2.05) is 19.1 Å². The zero-order chi connectivity index (χ0) is 26.5. The van der Waals surface area contributed by atoms with Crippen molar-refractivity contribution < 1.29 is 28.8 Å². The van der Waals surface area contributed by atoms with Crippen LogP contribution in [0.4, 0.5) is 16.2 Å². The van der Waals surface area contributed by atoms with Gasteiger partial charge in [-0.05, 0) is 54.1 Å². The van der Waals surface area contributed by atoms with Gasteiger partial charge in [-0.2, -0.15) is 0 Å². The summed E-state index contributed by atoms with van der Waals surface area (Å²) in [6, 6.07) is 14.6. The maximum Gasteiger partial charge on any atom is 0.294 e. The first-order valence-electron chi connectivity index (χ1n) is 10.8. The molecule has 2 heterocycles.